The number of carbonyl (C=O) groups is 2. The summed E-state index contributed by atoms with van der Waals surface area (Å²) in [6, 6.07) is 16.1. The van der Waals surface area contributed by atoms with Crippen molar-refractivity contribution in [3.8, 4) is 11.4 Å². The Kier molecular flexibility index (Phi) is 7.02. The van der Waals surface area contributed by atoms with Gasteiger partial charge in [0.1, 0.15) is 11.5 Å². The summed E-state index contributed by atoms with van der Waals surface area (Å²) in [6.07, 6.45) is 1.53. The molecule has 1 aromatic heterocycles. The van der Waals surface area contributed by atoms with Crippen molar-refractivity contribution in [3.63, 3.8) is 0 Å². The van der Waals surface area contributed by atoms with Crippen molar-refractivity contribution < 1.29 is 19.4 Å². The normalized spacial score (nSPS) is 17.4. The summed E-state index contributed by atoms with van der Waals surface area (Å²) in [6.45, 7) is 5.18. The number of hydrogen-bond donors (Lipinski definition) is 1. The Balaban J connectivity index is 1.82. The van der Waals surface area contributed by atoms with Crippen LogP contribution in [0, 0.1) is 6.92 Å². The van der Waals surface area contributed by atoms with E-state index >= 15 is 0 Å². The molecule has 35 heavy (non-hydrogen) atoms. The second-order valence-electron chi connectivity index (χ2n) is 8.69. The average Bonchev–Trinajstić information content (AvgIpc) is 3.36. The number of nitrogens with zero attached hydrogens (tertiary/aromatic N) is 4. The molecule has 8 nitrogen and oxygen atoms in total. The minimum atomic E-state index is -0.717. The van der Waals surface area contributed by atoms with Gasteiger partial charge in [0.05, 0.1) is 41.4 Å². The van der Waals surface area contributed by atoms with E-state index in [9.17, 15) is 14.7 Å². The highest BCUT2D eigenvalue weighted by molar-refractivity contribution is 6.46. The first-order valence-corrected chi connectivity index (χ1v) is 11.6. The van der Waals surface area contributed by atoms with E-state index in [-0.39, 0.29) is 11.3 Å². The highest BCUT2D eigenvalue weighted by Gasteiger charge is 2.46. The number of benzene rings is 2. The molecule has 2 heterocycles. The molecule has 0 radical (unpaired) electrons. The summed E-state index contributed by atoms with van der Waals surface area (Å²) in [4.78, 5) is 29.8. The van der Waals surface area contributed by atoms with Crippen LogP contribution in [0.1, 0.15) is 29.8 Å². The quantitative estimate of drug-likeness (QED) is 0.305. The van der Waals surface area contributed by atoms with Gasteiger partial charge in [-0.25, -0.2) is 4.68 Å². The Labute approximate surface area is 205 Å². The van der Waals surface area contributed by atoms with E-state index < -0.39 is 17.7 Å². The number of aliphatic hydroxyl groups excluding tert-OH is 1. The molecule has 0 aliphatic carbocycles. The van der Waals surface area contributed by atoms with Gasteiger partial charge in [0, 0.05) is 13.1 Å². The van der Waals surface area contributed by atoms with Crippen LogP contribution in [-0.2, 0) is 9.59 Å². The third-order valence-electron chi connectivity index (χ3n) is 6.10. The fourth-order valence-electron chi connectivity index (χ4n) is 4.29. The van der Waals surface area contributed by atoms with Gasteiger partial charge in [-0.3, -0.25) is 9.59 Å². The molecule has 1 fully saturated rings. The summed E-state index contributed by atoms with van der Waals surface area (Å²) < 4.78 is 7.25. The van der Waals surface area contributed by atoms with E-state index in [2.05, 4.69) is 5.10 Å². The standard InChI is InChI=1S/C27H30N4O4/c1-5-35-21-13-11-19(12-14-21)24-23(26(33)27(34)30(24)16-15-29(3)4)25(32)22-17-28-31(18(22)2)20-9-7-6-8-10-20/h6-14,17,24,32H,5,15-16H2,1-4H3. The number of Topliss-reactive ketones (excluding diaryl/α,β-unsaturated/α-hetero) is 1. The number of carbonyl (C=O) groups excluding carboxylic acids is 2. The monoisotopic (exact) mass is 474 g/mol. The zero-order valence-electron chi connectivity index (χ0n) is 20.4. The summed E-state index contributed by atoms with van der Waals surface area (Å²) in [5.41, 5.74) is 2.70. The lowest BCUT2D eigenvalue weighted by molar-refractivity contribution is -0.140. The summed E-state index contributed by atoms with van der Waals surface area (Å²) >= 11 is 0. The minimum Gasteiger partial charge on any atom is -0.507 e. The zero-order chi connectivity index (χ0) is 25.1. The molecule has 1 unspecified atom stereocenters. The van der Waals surface area contributed by atoms with E-state index in [1.54, 1.807) is 4.68 Å². The van der Waals surface area contributed by atoms with Gasteiger partial charge in [-0.2, -0.15) is 5.10 Å². The number of hydrogen-bond acceptors (Lipinski definition) is 6. The number of para-hydroxylation sites is 1. The van der Waals surface area contributed by atoms with Crippen molar-refractivity contribution in [1.82, 2.24) is 19.6 Å². The van der Waals surface area contributed by atoms with Gasteiger partial charge in [0.2, 0.25) is 0 Å². The zero-order valence-corrected chi connectivity index (χ0v) is 20.4. The molecule has 0 bridgehead atoms. The average molecular weight is 475 g/mol. The maximum Gasteiger partial charge on any atom is 0.295 e. The lowest BCUT2D eigenvalue weighted by Crippen LogP contribution is -2.35. The number of rotatable bonds is 8. The third-order valence-corrected chi connectivity index (χ3v) is 6.10. The van der Waals surface area contributed by atoms with Crippen molar-refractivity contribution in [2.45, 2.75) is 19.9 Å². The van der Waals surface area contributed by atoms with Crippen LogP contribution in [0.3, 0.4) is 0 Å². The summed E-state index contributed by atoms with van der Waals surface area (Å²) in [5, 5.41) is 15.8. The Morgan fingerprint density at radius 1 is 1.09 bits per heavy atom. The summed E-state index contributed by atoms with van der Waals surface area (Å²) in [7, 11) is 3.81. The van der Waals surface area contributed by atoms with Crippen LogP contribution >= 0.6 is 0 Å². The van der Waals surface area contributed by atoms with Crippen molar-refractivity contribution >= 4 is 17.4 Å². The van der Waals surface area contributed by atoms with E-state index in [1.807, 2.05) is 87.4 Å². The molecule has 1 aliphatic heterocycles. The van der Waals surface area contributed by atoms with E-state index in [0.717, 1.165) is 11.3 Å². The molecule has 182 valence electrons. The maximum atomic E-state index is 13.2. The lowest BCUT2D eigenvalue weighted by Gasteiger charge is -2.26. The molecule has 0 spiro atoms. The minimum absolute atomic E-state index is 0.0635. The molecule has 2 aromatic carbocycles. The Morgan fingerprint density at radius 2 is 1.77 bits per heavy atom. The fraction of sp³-hybridized carbons (Fsp3) is 0.296. The van der Waals surface area contributed by atoms with Crippen molar-refractivity contribution in [2.24, 2.45) is 0 Å². The van der Waals surface area contributed by atoms with Crippen LogP contribution in [-0.4, -0.2) is 70.2 Å². The number of ether oxygens (including phenoxy) is 1. The molecule has 1 saturated heterocycles. The molecule has 1 atom stereocenters. The molecule has 3 aromatic rings. The van der Waals surface area contributed by atoms with Crippen LogP contribution < -0.4 is 4.74 Å². The highest BCUT2D eigenvalue weighted by atomic mass is 16.5. The van der Waals surface area contributed by atoms with Gasteiger partial charge in [-0.15, -0.1) is 0 Å². The topological polar surface area (TPSA) is 87.9 Å². The summed E-state index contributed by atoms with van der Waals surface area (Å²) in [5.74, 6) is -0.858. The van der Waals surface area contributed by atoms with Gasteiger partial charge in [-0.05, 0) is 57.8 Å². The van der Waals surface area contributed by atoms with Crippen molar-refractivity contribution in [3.05, 3.63) is 83.2 Å². The number of aromatic nitrogens is 2. The molecule has 4 rings (SSSR count). The van der Waals surface area contributed by atoms with Crippen LogP contribution in [0.4, 0.5) is 0 Å². The van der Waals surface area contributed by atoms with E-state index in [0.29, 0.717) is 36.7 Å². The molecule has 1 aliphatic rings. The Bertz CT molecular complexity index is 1250. The largest absolute Gasteiger partial charge is 0.507 e. The van der Waals surface area contributed by atoms with Gasteiger partial charge in [0.25, 0.3) is 11.7 Å². The van der Waals surface area contributed by atoms with Crippen LogP contribution in [0.2, 0.25) is 0 Å². The number of likely N-dealkylation sites (tertiary alicyclic amines) is 1. The van der Waals surface area contributed by atoms with Crippen LogP contribution in [0.5, 0.6) is 5.75 Å². The molecule has 1 amide bonds. The molecular formula is C27H30N4O4. The number of ketones is 1. The van der Waals surface area contributed by atoms with E-state index in [1.165, 1.54) is 11.1 Å². The Morgan fingerprint density at radius 3 is 2.40 bits per heavy atom. The van der Waals surface area contributed by atoms with Crippen LogP contribution in [0.15, 0.2) is 66.4 Å². The first-order chi connectivity index (χ1) is 16.8. The smallest absolute Gasteiger partial charge is 0.295 e. The molecule has 0 saturated carbocycles. The van der Waals surface area contributed by atoms with Gasteiger partial charge >= 0.3 is 0 Å². The number of likely N-dealkylation sites (N-methyl/N-ethyl adjacent to an activating group) is 1. The van der Waals surface area contributed by atoms with Crippen molar-refractivity contribution in [1.29, 1.82) is 0 Å². The number of amides is 1. The first kappa shape index (κ1) is 24.2. The van der Waals surface area contributed by atoms with Gasteiger partial charge < -0.3 is 19.6 Å². The van der Waals surface area contributed by atoms with E-state index in [4.69, 9.17) is 4.74 Å². The maximum absolute atomic E-state index is 13.2. The Hall–Kier alpha value is -3.91. The number of aliphatic hydroxyl groups is 1. The second kappa shape index (κ2) is 10.1. The van der Waals surface area contributed by atoms with Crippen LogP contribution in [0.25, 0.3) is 11.4 Å². The third kappa shape index (κ3) is 4.70. The SMILES string of the molecule is CCOc1ccc(C2C(=C(O)c3cnn(-c4ccccc4)c3C)C(=O)C(=O)N2CCN(C)C)cc1. The predicted molar refractivity (Wildman–Crippen MR) is 133 cm³/mol. The lowest BCUT2D eigenvalue weighted by atomic mass is 9.95. The fourth-order valence-corrected chi connectivity index (χ4v) is 4.29. The highest BCUT2D eigenvalue weighted by Crippen LogP contribution is 2.40. The first-order valence-electron chi connectivity index (χ1n) is 11.6. The molecular weight excluding hydrogens is 444 g/mol. The predicted octanol–water partition coefficient (Wildman–Crippen LogP) is 3.56. The molecule has 8 heteroatoms. The molecule has 1 N–H and O–H groups in total. The second-order valence-corrected chi connectivity index (χ2v) is 8.69. The van der Waals surface area contributed by atoms with Gasteiger partial charge in [-0.1, -0.05) is 30.3 Å². The van der Waals surface area contributed by atoms with Crippen molar-refractivity contribution in [2.75, 3.05) is 33.8 Å². The van der Waals surface area contributed by atoms with Gasteiger partial charge in [0.15, 0.2) is 0 Å².